The van der Waals surface area contributed by atoms with Crippen molar-refractivity contribution in [1.29, 1.82) is 0 Å². The summed E-state index contributed by atoms with van der Waals surface area (Å²) in [7, 11) is 0. The van der Waals surface area contributed by atoms with E-state index in [0.29, 0.717) is 6.07 Å². The van der Waals surface area contributed by atoms with Crippen LogP contribution in [0.3, 0.4) is 0 Å². The molecule has 1 aromatic rings. The maximum absolute atomic E-state index is 12.6. The van der Waals surface area contributed by atoms with Crippen LogP contribution in [-0.4, -0.2) is 25.3 Å². The summed E-state index contributed by atoms with van der Waals surface area (Å²) in [5.41, 5.74) is 3.21. The second-order valence-corrected chi connectivity index (χ2v) is 3.96. The SMILES string of the molecule is Nc1ccc(NC(=O)COCC(F)(F)F)cc1C(F)(F)F. The lowest BCUT2D eigenvalue weighted by Gasteiger charge is -2.13. The van der Waals surface area contributed by atoms with Crippen LogP contribution in [0.4, 0.5) is 37.7 Å². The van der Waals surface area contributed by atoms with Gasteiger partial charge in [0, 0.05) is 11.4 Å². The molecule has 0 radical (unpaired) electrons. The molecule has 0 unspecified atom stereocenters. The van der Waals surface area contributed by atoms with Gasteiger partial charge < -0.3 is 15.8 Å². The van der Waals surface area contributed by atoms with E-state index >= 15 is 0 Å². The number of alkyl halides is 6. The summed E-state index contributed by atoms with van der Waals surface area (Å²) in [6.45, 7) is -2.57. The van der Waals surface area contributed by atoms with Crippen LogP contribution in [0.2, 0.25) is 0 Å². The molecule has 0 aliphatic heterocycles. The fourth-order valence-corrected chi connectivity index (χ4v) is 1.34. The summed E-state index contributed by atoms with van der Waals surface area (Å²) >= 11 is 0. The third kappa shape index (κ3) is 5.90. The fraction of sp³-hybridized carbons (Fsp3) is 0.364. The number of hydrogen-bond donors (Lipinski definition) is 2. The molecule has 3 N–H and O–H groups in total. The summed E-state index contributed by atoms with van der Waals surface area (Å²) < 4.78 is 77.0. The number of nitrogens with one attached hydrogen (secondary N) is 1. The smallest absolute Gasteiger partial charge is 0.398 e. The normalized spacial score (nSPS) is 12.3. The Bertz CT molecular complexity index is 512. The van der Waals surface area contributed by atoms with E-state index < -0.39 is 42.7 Å². The quantitative estimate of drug-likeness (QED) is 0.663. The highest BCUT2D eigenvalue weighted by Crippen LogP contribution is 2.35. The van der Waals surface area contributed by atoms with Crippen molar-refractivity contribution in [1.82, 2.24) is 0 Å². The Kier molecular flexibility index (Phi) is 5.05. The first-order valence-electron chi connectivity index (χ1n) is 5.40. The van der Waals surface area contributed by atoms with Gasteiger partial charge in [-0.15, -0.1) is 0 Å². The third-order valence-corrected chi connectivity index (χ3v) is 2.14. The number of carbonyl (C=O) groups is 1. The number of nitrogens with two attached hydrogens (primary N) is 1. The van der Waals surface area contributed by atoms with Gasteiger partial charge in [0.1, 0.15) is 13.2 Å². The van der Waals surface area contributed by atoms with Crippen LogP contribution in [0.25, 0.3) is 0 Å². The van der Waals surface area contributed by atoms with Crippen molar-refractivity contribution in [3.63, 3.8) is 0 Å². The van der Waals surface area contributed by atoms with Crippen molar-refractivity contribution >= 4 is 17.3 Å². The molecule has 10 heteroatoms. The molecule has 1 rings (SSSR count). The van der Waals surface area contributed by atoms with E-state index in [0.717, 1.165) is 12.1 Å². The molecule has 0 aliphatic carbocycles. The van der Waals surface area contributed by atoms with Gasteiger partial charge in [-0.05, 0) is 18.2 Å². The first-order chi connectivity index (χ1) is 9.49. The summed E-state index contributed by atoms with van der Waals surface area (Å²) in [6.07, 6.45) is -9.30. The van der Waals surface area contributed by atoms with E-state index in [1.165, 1.54) is 0 Å². The number of halogens is 6. The summed E-state index contributed by atoms with van der Waals surface area (Å²) in [5.74, 6) is -1.02. The average molecular weight is 316 g/mol. The molecular weight excluding hydrogens is 306 g/mol. The van der Waals surface area contributed by atoms with Crippen molar-refractivity contribution in [2.75, 3.05) is 24.3 Å². The van der Waals surface area contributed by atoms with Gasteiger partial charge in [0.25, 0.3) is 0 Å². The molecule has 0 bridgehead atoms. The molecule has 0 aromatic heterocycles. The molecule has 0 spiro atoms. The Morgan fingerprint density at radius 3 is 2.33 bits per heavy atom. The standard InChI is InChI=1S/C11H10F6N2O2/c12-10(13,14)5-21-4-9(20)19-6-1-2-8(18)7(3-6)11(15,16)17/h1-3H,4-5,18H2,(H,19,20). The van der Waals surface area contributed by atoms with Gasteiger partial charge in [0.2, 0.25) is 5.91 Å². The van der Waals surface area contributed by atoms with Crippen molar-refractivity contribution in [3.8, 4) is 0 Å². The largest absolute Gasteiger partial charge is 0.418 e. The molecule has 1 aromatic carbocycles. The number of amides is 1. The lowest BCUT2D eigenvalue weighted by atomic mass is 10.1. The van der Waals surface area contributed by atoms with Crippen molar-refractivity contribution in [3.05, 3.63) is 23.8 Å². The average Bonchev–Trinajstić information content (AvgIpc) is 2.28. The van der Waals surface area contributed by atoms with Crippen molar-refractivity contribution in [2.45, 2.75) is 12.4 Å². The minimum atomic E-state index is -4.71. The van der Waals surface area contributed by atoms with Crippen molar-refractivity contribution < 1.29 is 35.9 Å². The Morgan fingerprint density at radius 1 is 1.19 bits per heavy atom. The van der Waals surface area contributed by atoms with Gasteiger partial charge in [0.15, 0.2) is 0 Å². The molecule has 0 atom stereocenters. The molecule has 0 heterocycles. The third-order valence-electron chi connectivity index (χ3n) is 2.14. The van der Waals surface area contributed by atoms with Gasteiger partial charge in [-0.3, -0.25) is 4.79 Å². The predicted molar refractivity (Wildman–Crippen MR) is 61.4 cm³/mol. The molecule has 0 saturated heterocycles. The van der Waals surface area contributed by atoms with Crippen LogP contribution in [-0.2, 0) is 15.7 Å². The number of carbonyl (C=O) groups excluding carboxylic acids is 1. The molecule has 4 nitrogen and oxygen atoms in total. The van der Waals surface area contributed by atoms with Crippen LogP contribution >= 0.6 is 0 Å². The molecule has 0 saturated carbocycles. The van der Waals surface area contributed by atoms with Gasteiger partial charge >= 0.3 is 12.4 Å². The van der Waals surface area contributed by atoms with Gasteiger partial charge in [-0.25, -0.2) is 0 Å². The minimum absolute atomic E-state index is 0.253. The second kappa shape index (κ2) is 6.20. The Morgan fingerprint density at radius 2 is 1.81 bits per heavy atom. The second-order valence-electron chi connectivity index (χ2n) is 3.96. The Hall–Kier alpha value is -1.97. The first kappa shape index (κ1) is 17.1. The van der Waals surface area contributed by atoms with Gasteiger partial charge in [-0.1, -0.05) is 0 Å². The monoisotopic (exact) mass is 316 g/mol. The highest BCUT2D eigenvalue weighted by molar-refractivity contribution is 5.92. The zero-order valence-electron chi connectivity index (χ0n) is 10.3. The molecule has 21 heavy (non-hydrogen) atoms. The summed E-state index contributed by atoms with van der Waals surface area (Å²) in [6, 6.07) is 2.60. The van der Waals surface area contributed by atoms with Crippen molar-refractivity contribution in [2.24, 2.45) is 0 Å². The molecule has 118 valence electrons. The molecule has 1 amide bonds. The topological polar surface area (TPSA) is 64.3 Å². The fourth-order valence-electron chi connectivity index (χ4n) is 1.34. The van der Waals surface area contributed by atoms with E-state index in [4.69, 9.17) is 5.73 Å². The highest BCUT2D eigenvalue weighted by Gasteiger charge is 2.33. The minimum Gasteiger partial charge on any atom is -0.398 e. The number of benzene rings is 1. The number of anilines is 2. The van der Waals surface area contributed by atoms with Crippen LogP contribution in [0.5, 0.6) is 0 Å². The van der Waals surface area contributed by atoms with E-state index in [1.54, 1.807) is 0 Å². The highest BCUT2D eigenvalue weighted by atomic mass is 19.4. The summed E-state index contributed by atoms with van der Waals surface area (Å²) in [5, 5.41) is 1.98. The predicted octanol–water partition coefficient (Wildman–Crippen LogP) is 2.81. The number of ether oxygens (including phenoxy) is 1. The zero-order chi connectivity index (χ0) is 16.3. The van der Waals surface area contributed by atoms with Crippen LogP contribution in [0.1, 0.15) is 5.56 Å². The number of hydrogen-bond acceptors (Lipinski definition) is 3. The number of rotatable bonds is 4. The maximum Gasteiger partial charge on any atom is 0.418 e. The Labute approximate surface area is 114 Å². The van der Waals surface area contributed by atoms with E-state index in [9.17, 15) is 31.1 Å². The van der Waals surface area contributed by atoms with E-state index in [2.05, 4.69) is 4.74 Å². The number of nitrogen functional groups attached to an aromatic ring is 1. The molecule has 0 aliphatic rings. The maximum atomic E-state index is 12.6. The van der Waals surface area contributed by atoms with Crippen LogP contribution < -0.4 is 11.1 Å². The lowest BCUT2D eigenvalue weighted by Crippen LogP contribution is -2.24. The van der Waals surface area contributed by atoms with Crippen LogP contribution in [0, 0.1) is 0 Å². The van der Waals surface area contributed by atoms with E-state index in [-0.39, 0.29) is 5.69 Å². The molecule has 0 fully saturated rings. The Balaban J connectivity index is 2.65. The zero-order valence-corrected chi connectivity index (χ0v) is 10.3. The van der Waals surface area contributed by atoms with Crippen LogP contribution in [0.15, 0.2) is 18.2 Å². The lowest BCUT2D eigenvalue weighted by molar-refractivity contribution is -0.174. The van der Waals surface area contributed by atoms with E-state index in [1.807, 2.05) is 5.32 Å². The summed E-state index contributed by atoms with van der Waals surface area (Å²) in [4.78, 5) is 11.2. The van der Waals surface area contributed by atoms with Gasteiger partial charge in [0.05, 0.1) is 5.56 Å². The first-order valence-corrected chi connectivity index (χ1v) is 5.40. The molecular formula is C11H10F6N2O2. The van der Waals surface area contributed by atoms with Gasteiger partial charge in [-0.2, -0.15) is 26.3 Å².